The smallest absolute Gasteiger partial charge is 0.251 e. The molecule has 2 amide bonds. The van der Waals surface area contributed by atoms with Crippen LogP contribution >= 0.6 is 0 Å². The number of hydrogen-bond acceptors (Lipinski definition) is 5. The Kier molecular flexibility index (Phi) is 6.11. The number of phenols is 1. The van der Waals surface area contributed by atoms with Crippen LogP contribution < -0.4 is 16.0 Å². The number of carbonyl (C=O) groups is 2. The van der Waals surface area contributed by atoms with Crippen molar-refractivity contribution in [2.75, 3.05) is 18.9 Å². The number of hydrogen-bond donors (Lipinski definition) is 5. The third-order valence-electron chi connectivity index (χ3n) is 3.51. The minimum absolute atomic E-state index is 0.0771. The minimum Gasteiger partial charge on any atom is -0.508 e. The molecule has 7 nitrogen and oxygen atoms in total. The van der Waals surface area contributed by atoms with Gasteiger partial charge in [-0.15, -0.1) is 0 Å². The summed E-state index contributed by atoms with van der Waals surface area (Å²) in [7, 11) is 1.55. The van der Waals surface area contributed by atoms with E-state index in [9.17, 15) is 14.7 Å². The van der Waals surface area contributed by atoms with E-state index in [1.165, 1.54) is 12.1 Å². The standard InChI is InChI=1S/C18H20N4O3/c1-20-17(24)7-8-21-18(25)12-3-2-4-14(9-12)22-16-6-5-15(23)10-13(16)11-19/h2-6,9-11,19,22-23H,7-8H2,1H3,(H,20,24)(H,21,25). The van der Waals surface area contributed by atoms with Crippen molar-refractivity contribution in [3.8, 4) is 5.75 Å². The average Bonchev–Trinajstić information content (AvgIpc) is 2.63. The lowest BCUT2D eigenvalue weighted by molar-refractivity contribution is -0.120. The largest absolute Gasteiger partial charge is 0.508 e. The van der Waals surface area contributed by atoms with Crippen molar-refractivity contribution in [1.82, 2.24) is 10.6 Å². The number of nitrogens with one attached hydrogen (secondary N) is 4. The molecule has 0 heterocycles. The summed E-state index contributed by atoms with van der Waals surface area (Å²) in [4.78, 5) is 23.3. The highest BCUT2D eigenvalue weighted by molar-refractivity contribution is 5.96. The quantitative estimate of drug-likeness (QED) is 0.392. The number of rotatable bonds is 7. The molecule has 2 aromatic rings. The Morgan fingerprint density at radius 2 is 2.00 bits per heavy atom. The van der Waals surface area contributed by atoms with Gasteiger partial charge in [-0.25, -0.2) is 0 Å². The molecule has 2 aromatic carbocycles. The minimum atomic E-state index is -0.273. The second kappa shape index (κ2) is 8.49. The van der Waals surface area contributed by atoms with Gasteiger partial charge in [0, 0.05) is 48.7 Å². The molecule has 0 fully saturated rings. The molecule has 0 aliphatic rings. The van der Waals surface area contributed by atoms with E-state index in [-0.39, 0.29) is 30.5 Å². The number of anilines is 2. The highest BCUT2D eigenvalue weighted by atomic mass is 16.3. The van der Waals surface area contributed by atoms with Crippen molar-refractivity contribution in [2.45, 2.75) is 6.42 Å². The second-order valence-corrected chi connectivity index (χ2v) is 5.30. The number of aromatic hydroxyl groups is 1. The lowest BCUT2D eigenvalue weighted by Crippen LogP contribution is -2.29. The molecule has 0 aliphatic carbocycles. The predicted molar refractivity (Wildman–Crippen MR) is 96.7 cm³/mol. The summed E-state index contributed by atoms with van der Waals surface area (Å²) >= 11 is 0. The molecule has 0 atom stereocenters. The third kappa shape index (κ3) is 5.07. The molecule has 25 heavy (non-hydrogen) atoms. The van der Waals surface area contributed by atoms with E-state index in [4.69, 9.17) is 5.41 Å². The molecular formula is C18H20N4O3. The molecule has 0 aromatic heterocycles. The van der Waals surface area contributed by atoms with E-state index < -0.39 is 0 Å². The van der Waals surface area contributed by atoms with Crippen LogP contribution in [0.2, 0.25) is 0 Å². The van der Waals surface area contributed by atoms with E-state index >= 15 is 0 Å². The Morgan fingerprint density at radius 1 is 1.20 bits per heavy atom. The normalized spacial score (nSPS) is 9.96. The first kappa shape index (κ1) is 18.0. The van der Waals surface area contributed by atoms with Crippen molar-refractivity contribution >= 4 is 29.4 Å². The van der Waals surface area contributed by atoms with E-state index in [1.807, 2.05) is 0 Å². The zero-order valence-electron chi connectivity index (χ0n) is 13.8. The van der Waals surface area contributed by atoms with Crippen LogP contribution in [0, 0.1) is 5.41 Å². The Morgan fingerprint density at radius 3 is 2.72 bits per heavy atom. The first-order valence-corrected chi connectivity index (χ1v) is 7.73. The molecule has 0 bridgehead atoms. The first-order valence-electron chi connectivity index (χ1n) is 7.73. The van der Waals surface area contributed by atoms with Gasteiger partial charge in [-0.1, -0.05) is 6.07 Å². The fourth-order valence-electron chi connectivity index (χ4n) is 2.19. The molecule has 0 saturated carbocycles. The second-order valence-electron chi connectivity index (χ2n) is 5.30. The van der Waals surface area contributed by atoms with Crippen LogP contribution in [0.3, 0.4) is 0 Å². The number of amides is 2. The fraction of sp³-hybridized carbons (Fsp3) is 0.167. The van der Waals surface area contributed by atoms with Gasteiger partial charge < -0.3 is 26.5 Å². The van der Waals surface area contributed by atoms with E-state index in [2.05, 4.69) is 16.0 Å². The summed E-state index contributed by atoms with van der Waals surface area (Å²) in [6.45, 7) is 0.256. The van der Waals surface area contributed by atoms with Gasteiger partial charge in [0.05, 0.1) is 0 Å². The molecule has 130 valence electrons. The lowest BCUT2D eigenvalue weighted by atomic mass is 10.1. The maximum absolute atomic E-state index is 12.1. The number of phenolic OH excluding ortho intramolecular Hbond substituents is 1. The zero-order valence-corrected chi connectivity index (χ0v) is 13.8. The van der Waals surface area contributed by atoms with Gasteiger partial charge in [0.1, 0.15) is 5.75 Å². The fourth-order valence-corrected chi connectivity index (χ4v) is 2.19. The van der Waals surface area contributed by atoms with Crippen LogP contribution in [-0.4, -0.2) is 36.7 Å². The SMILES string of the molecule is CNC(=O)CCNC(=O)c1cccc(Nc2ccc(O)cc2C=N)c1. The third-order valence-corrected chi connectivity index (χ3v) is 3.51. The van der Waals surface area contributed by atoms with Crippen molar-refractivity contribution in [3.05, 3.63) is 53.6 Å². The number of carbonyl (C=O) groups excluding carboxylic acids is 2. The van der Waals surface area contributed by atoms with Gasteiger partial charge in [-0.2, -0.15) is 0 Å². The van der Waals surface area contributed by atoms with Crippen molar-refractivity contribution in [2.24, 2.45) is 0 Å². The maximum atomic E-state index is 12.1. The molecule has 0 radical (unpaired) electrons. The van der Waals surface area contributed by atoms with Crippen molar-refractivity contribution in [3.63, 3.8) is 0 Å². The molecule has 0 spiro atoms. The van der Waals surface area contributed by atoms with Gasteiger partial charge in [0.2, 0.25) is 5.91 Å². The molecule has 5 N–H and O–H groups in total. The van der Waals surface area contributed by atoms with E-state index in [0.717, 1.165) is 6.21 Å². The Bertz CT molecular complexity index is 790. The molecule has 7 heteroatoms. The van der Waals surface area contributed by atoms with Crippen LogP contribution in [0.5, 0.6) is 5.75 Å². The number of benzene rings is 2. The highest BCUT2D eigenvalue weighted by Crippen LogP contribution is 2.24. The summed E-state index contributed by atoms with van der Waals surface area (Å²) in [6, 6.07) is 11.5. The lowest BCUT2D eigenvalue weighted by Gasteiger charge is -2.11. The van der Waals surface area contributed by atoms with Crippen LogP contribution in [0.1, 0.15) is 22.3 Å². The van der Waals surface area contributed by atoms with Crippen LogP contribution in [0.25, 0.3) is 0 Å². The highest BCUT2D eigenvalue weighted by Gasteiger charge is 2.08. The van der Waals surface area contributed by atoms with Gasteiger partial charge in [-0.05, 0) is 36.4 Å². The summed E-state index contributed by atoms with van der Waals surface area (Å²) < 4.78 is 0. The van der Waals surface area contributed by atoms with Gasteiger partial charge in [0.25, 0.3) is 5.91 Å². The predicted octanol–water partition coefficient (Wildman–Crippen LogP) is 2.00. The Hall–Kier alpha value is -3.35. The molecule has 0 aliphatic heterocycles. The van der Waals surface area contributed by atoms with Crippen LogP contribution in [0.4, 0.5) is 11.4 Å². The molecule has 0 unspecified atom stereocenters. The van der Waals surface area contributed by atoms with E-state index in [1.54, 1.807) is 37.4 Å². The first-order chi connectivity index (χ1) is 12.0. The average molecular weight is 340 g/mol. The zero-order chi connectivity index (χ0) is 18.2. The Labute approximate surface area is 145 Å². The molecule has 0 saturated heterocycles. The monoisotopic (exact) mass is 340 g/mol. The summed E-state index contributed by atoms with van der Waals surface area (Å²) in [5.74, 6) is -0.332. The van der Waals surface area contributed by atoms with Gasteiger partial charge >= 0.3 is 0 Å². The molecular weight excluding hydrogens is 320 g/mol. The topological polar surface area (TPSA) is 114 Å². The van der Waals surface area contributed by atoms with Crippen LogP contribution in [0.15, 0.2) is 42.5 Å². The van der Waals surface area contributed by atoms with Gasteiger partial charge in [-0.3, -0.25) is 9.59 Å². The van der Waals surface area contributed by atoms with Crippen molar-refractivity contribution < 1.29 is 14.7 Å². The summed E-state index contributed by atoms with van der Waals surface area (Å²) in [5.41, 5.74) is 2.30. The van der Waals surface area contributed by atoms with Crippen molar-refractivity contribution in [1.29, 1.82) is 5.41 Å². The summed E-state index contributed by atoms with van der Waals surface area (Å²) in [6.07, 6.45) is 1.35. The summed E-state index contributed by atoms with van der Waals surface area (Å²) in [5, 5.41) is 25.2. The maximum Gasteiger partial charge on any atom is 0.251 e. The van der Waals surface area contributed by atoms with Crippen LogP contribution in [-0.2, 0) is 4.79 Å². The Balaban J connectivity index is 2.07. The van der Waals surface area contributed by atoms with E-state index in [0.29, 0.717) is 22.5 Å². The van der Waals surface area contributed by atoms with Gasteiger partial charge in [0.15, 0.2) is 0 Å². The molecule has 2 rings (SSSR count).